The van der Waals surface area contributed by atoms with Crippen molar-refractivity contribution in [2.24, 2.45) is 5.10 Å². The number of anilines is 1. The molecule has 26 heavy (non-hydrogen) atoms. The highest BCUT2D eigenvalue weighted by atomic mass is 32.1. The smallest absolute Gasteiger partial charge is 0.271 e. The van der Waals surface area contributed by atoms with Crippen LogP contribution in [0, 0.1) is 10.1 Å². The quantitative estimate of drug-likeness (QED) is 0.312. The molecular formula is C18H15N5O2S. The number of non-ortho nitro benzene ring substituents is 1. The highest BCUT2D eigenvalue weighted by molar-refractivity contribution is 7.80. The monoisotopic (exact) mass is 365 g/mol. The first-order valence-corrected chi connectivity index (χ1v) is 8.11. The van der Waals surface area contributed by atoms with E-state index in [4.69, 9.17) is 12.2 Å². The van der Waals surface area contributed by atoms with Crippen molar-refractivity contribution < 1.29 is 4.92 Å². The second-order valence-corrected chi connectivity index (χ2v) is 5.68. The van der Waals surface area contributed by atoms with E-state index < -0.39 is 4.92 Å². The molecule has 0 aliphatic heterocycles. The fourth-order valence-corrected chi connectivity index (χ4v) is 2.50. The summed E-state index contributed by atoms with van der Waals surface area (Å²) in [6.45, 7) is 0. The van der Waals surface area contributed by atoms with Crippen molar-refractivity contribution >= 4 is 34.9 Å². The molecule has 0 unspecified atom stereocenters. The number of hydrazone groups is 1. The van der Waals surface area contributed by atoms with E-state index in [9.17, 15) is 10.1 Å². The first kappa shape index (κ1) is 17.3. The van der Waals surface area contributed by atoms with Gasteiger partial charge in [-0.1, -0.05) is 24.3 Å². The highest BCUT2D eigenvalue weighted by Crippen LogP contribution is 2.18. The van der Waals surface area contributed by atoms with Gasteiger partial charge in [0.1, 0.15) is 0 Å². The lowest BCUT2D eigenvalue weighted by Gasteiger charge is -2.07. The fourth-order valence-electron chi connectivity index (χ4n) is 2.33. The molecule has 0 aliphatic carbocycles. The molecule has 0 bridgehead atoms. The number of rotatable bonds is 5. The Hall–Kier alpha value is -3.52. The van der Waals surface area contributed by atoms with Crippen LogP contribution in [0.4, 0.5) is 11.4 Å². The summed E-state index contributed by atoms with van der Waals surface area (Å²) in [5.41, 5.74) is 5.07. The first-order chi connectivity index (χ1) is 12.6. The third-order valence-electron chi connectivity index (χ3n) is 3.49. The maximum Gasteiger partial charge on any atom is 0.271 e. The molecular weight excluding hydrogens is 350 g/mol. The number of hydrogen-bond acceptors (Lipinski definition) is 4. The van der Waals surface area contributed by atoms with Crippen molar-refractivity contribution in [3.8, 4) is 5.69 Å². The summed E-state index contributed by atoms with van der Waals surface area (Å²) in [6.07, 6.45) is 3.40. The number of aromatic nitrogens is 1. The number of para-hydroxylation sites is 1. The summed E-state index contributed by atoms with van der Waals surface area (Å²) in [6, 6.07) is 19.6. The predicted molar refractivity (Wildman–Crippen MR) is 106 cm³/mol. The molecule has 7 nitrogen and oxygen atoms in total. The molecule has 0 saturated carbocycles. The molecule has 0 radical (unpaired) electrons. The lowest BCUT2D eigenvalue weighted by atomic mass is 10.2. The fraction of sp³-hybridized carbons (Fsp3) is 0. The number of nitrogens with one attached hydrogen (secondary N) is 2. The van der Waals surface area contributed by atoms with E-state index in [-0.39, 0.29) is 5.69 Å². The van der Waals surface area contributed by atoms with Crippen LogP contribution < -0.4 is 10.7 Å². The summed E-state index contributed by atoms with van der Waals surface area (Å²) in [7, 11) is 0. The van der Waals surface area contributed by atoms with Gasteiger partial charge in [0.2, 0.25) is 0 Å². The van der Waals surface area contributed by atoms with E-state index in [0.29, 0.717) is 10.8 Å². The standard InChI is InChI=1S/C18H15N5O2S/c24-23(25)16-9-4-8-15(12-16)22-11-5-10-17(22)13-19-21-18(26)20-14-6-2-1-3-7-14/h1-13H,(H2,20,21,26). The molecule has 130 valence electrons. The Kier molecular flexibility index (Phi) is 5.35. The van der Waals surface area contributed by atoms with Gasteiger partial charge in [-0.25, -0.2) is 0 Å². The number of nitrogens with zero attached hydrogens (tertiary/aromatic N) is 3. The van der Waals surface area contributed by atoms with E-state index in [1.807, 2.05) is 42.5 Å². The van der Waals surface area contributed by atoms with Gasteiger partial charge in [0.25, 0.3) is 5.69 Å². The molecule has 8 heteroatoms. The van der Waals surface area contributed by atoms with Gasteiger partial charge in [0.05, 0.1) is 22.5 Å². The maximum absolute atomic E-state index is 10.9. The van der Waals surface area contributed by atoms with Gasteiger partial charge in [0.15, 0.2) is 5.11 Å². The summed E-state index contributed by atoms with van der Waals surface area (Å²) >= 11 is 5.19. The van der Waals surface area contributed by atoms with Crippen LogP contribution in [0.15, 0.2) is 78.0 Å². The molecule has 0 saturated heterocycles. The zero-order chi connectivity index (χ0) is 18.4. The number of benzene rings is 2. The summed E-state index contributed by atoms with van der Waals surface area (Å²) < 4.78 is 1.80. The lowest BCUT2D eigenvalue weighted by Crippen LogP contribution is -2.23. The Morgan fingerprint density at radius 1 is 1.12 bits per heavy atom. The van der Waals surface area contributed by atoms with Crippen LogP contribution in [0.3, 0.4) is 0 Å². The van der Waals surface area contributed by atoms with Crippen LogP contribution in [0.25, 0.3) is 5.69 Å². The number of thiocarbonyl (C=S) groups is 1. The van der Waals surface area contributed by atoms with Gasteiger partial charge in [-0.05, 0) is 42.5 Å². The molecule has 2 aromatic carbocycles. The summed E-state index contributed by atoms with van der Waals surface area (Å²) in [5.74, 6) is 0. The topological polar surface area (TPSA) is 84.5 Å². The average Bonchev–Trinajstić information content (AvgIpc) is 3.11. The second kappa shape index (κ2) is 8.04. The minimum absolute atomic E-state index is 0.0328. The molecule has 3 aromatic rings. The van der Waals surface area contributed by atoms with Crippen LogP contribution in [-0.4, -0.2) is 20.8 Å². The summed E-state index contributed by atoms with van der Waals surface area (Å²) in [4.78, 5) is 10.5. The van der Waals surface area contributed by atoms with Gasteiger partial charge in [-0.2, -0.15) is 5.10 Å². The third kappa shape index (κ3) is 4.31. The first-order valence-electron chi connectivity index (χ1n) is 7.71. The Labute approximate surface area is 155 Å². The van der Waals surface area contributed by atoms with Crippen molar-refractivity contribution in [2.45, 2.75) is 0 Å². The molecule has 3 rings (SSSR count). The van der Waals surface area contributed by atoms with E-state index in [0.717, 1.165) is 11.4 Å². The van der Waals surface area contributed by atoms with Crippen molar-refractivity contribution in [3.63, 3.8) is 0 Å². The number of nitro groups is 1. The highest BCUT2D eigenvalue weighted by Gasteiger charge is 2.08. The van der Waals surface area contributed by atoms with E-state index >= 15 is 0 Å². The summed E-state index contributed by atoms with van der Waals surface area (Å²) in [5, 5.41) is 18.4. The number of nitro benzene ring substituents is 1. The molecule has 0 atom stereocenters. The van der Waals surface area contributed by atoms with Crippen molar-refractivity contribution in [1.29, 1.82) is 0 Å². The molecule has 0 fully saturated rings. The van der Waals surface area contributed by atoms with Gasteiger partial charge >= 0.3 is 0 Å². The minimum Gasteiger partial charge on any atom is -0.331 e. The van der Waals surface area contributed by atoms with E-state index in [1.54, 1.807) is 29.1 Å². The Morgan fingerprint density at radius 2 is 1.92 bits per heavy atom. The van der Waals surface area contributed by atoms with Gasteiger partial charge < -0.3 is 9.88 Å². The van der Waals surface area contributed by atoms with Crippen molar-refractivity contribution in [1.82, 2.24) is 9.99 Å². The van der Waals surface area contributed by atoms with Crippen LogP contribution in [0.5, 0.6) is 0 Å². The Balaban J connectivity index is 1.69. The van der Waals surface area contributed by atoms with Crippen LogP contribution in [-0.2, 0) is 0 Å². The third-order valence-corrected chi connectivity index (χ3v) is 3.69. The van der Waals surface area contributed by atoms with Crippen LogP contribution >= 0.6 is 12.2 Å². The van der Waals surface area contributed by atoms with E-state index in [1.165, 1.54) is 12.1 Å². The molecule has 1 heterocycles. The van der Waals surface area contributed by atoms with Crippen molar-refractivity contribution in [2.75, 3.05) is 5.32 Å². The van der Waals surface area contributed by atoms with Crippen LogP contribution in [0.1, 0.15) is 5.69 Å². The van der Waals surface area contributed by atoms with Gasteiger partial charge in [-0.3, -0.25) is 15.5 Å². The largest absolute Gasteiger partial charge is 0.331 e. The molecule has 0 spiro atoms. The molecule has 2 N–H and O–H groups in total. The zero-order valence-corrected chi connectivity index (χ0v) is 14.4. The van der Waals surface area contributed by atoms with Gasteiger partial charge in [0, 0.05) is 24.0 Å². The second-order valence-electron chi connectivity index (χ2n) is 5.27. The maximum atomic E-state index is 10.9. The lowest BCUT2D eigenvalue weighted by molar-refractivity contribution is -0.384. The Bertz CT molecular complexity index is 953. The zero-order valence-electron chi connectivity index (χ0n) is 13.6. The molecule has 0 amide bonds. The van der Waals surface area contributed by atoms with E-state index in [2.05, 4.69) is 15.8 Å². The Morgan fingerprint density at radius 3 is 2.69 bits per heavy atom. The SMILES string of the molecule is O=[N+]([O-])c1cccc(-n2cccc2C=NNC(=S)Nc2ccccc2)c1. The predicted octanol–water partition coefficient (Wildman–Crippen LogP) is 3.71. The minimum atomic E-state index is -0.421. The van der Waals surface area contributed by atoms with Crippen LogP contribution in [0.2, 0.25) is 0 Å². The average molecular weight is 365 g/mol. The number of hydrogen-bond donors (Lipinski definition) is 2. The molecule has 0 aliphatic rings. The van der Waals surface area contributed by atoms with Gasteiger partial charge in [-0.15, -0.1) is 0 Å². The normalized spacial score (nSPS) is 10.6. The van der Waals surface area contributed by atoms with Crippen molar-refractivity contribution in [3.05, 3.63) is 88.7 Å². The molecule has 1 aromatic heterocycles.